The van der Waals surface area contributed by atoms with Gasteiger partial charge in [-0.2, -0.15) is 0 Å². The Morgan fingerprint density at radius 3 is 2.38 bits per heavy atom. The highest BCUT2D eigenvalue weighted by Crippen LogP contribution is 2.10. The van der Waals surface area contributed by atoms with Gasteiger partial charge in [-0.1, -0.05) is 12.1 Å². The van der Waals surface area contributed by atoms with Gasteiger partial charge in [0.25, 0.3) is 0 Å². The van der Waals surface area contributed by atoms with Gasteiger partial charge in [0, 0.05) is 6.26 Å². The summed E-state index contributed by atoms with van der Waals surface area (Å²) in [6, 6.07) is 6.35. The van der Waals surface area contributed by atoms with E-state index in [1.165, 1.54) is 12.1 Å². The number of sulfone groups is 1. The van der Waals surface area contributed by atoms with Crippen LogP contribution in [-0.2, 0) is 21.1 Å². The van der Waals surface area contributed by atoms with E-state index in [1.54, 1.807) is 12.1 Å². The van der Waals surface area contributed by atoms with E-state index >= 15 is 0 Å². The molecule has 0 bridgehead atoms. The third-order valence-corrected chi connectivity index (χ3v) is 3.22. The highest BCUT2D eigenvalue weighted by molar-refractivity contribution is 7.90. The normalized spacial score (nSPS) is 10.8. The number of rotatable bonds is 4. The summed E-state index contributed by atoms with van der Waals surface area (Å²) in [5.74, 6) is -0.0606. The summed E-state index contributed by atoms with van der Waals surface area (Å²) in [6.07, 6.45) is 1.43. The first-order valence-corrected chi connectivity index (χ1v) is 6.88. The Bertz CT molecular complexity index is 470. The number of carbonyl (C=O) groups excluding carboxylic acids is 1. The van der Waals surface area contributed by atoms with E-state index in [9.17, 15) is 13.2 Å². The smallest absolute Gasteiger partial charge is 0.211 e. The molecule has 4 nitrogen and oxygen atoms in total. The fraction of sp³-hybridized carbons (Fsp3) is 0.222. The van der Waals surface area contributed by atoms with E-state index in [0.717, 1.165) is 11.8 Å². The predicted molar refractivity (Wildman–Crippen MR) is 67.1 cm³/mol. The van der Waals surface area contributed by atoms with Crippen LogP contribution in [-0.4, -0.2) is 35.6 Å². The lowest BCUT2D eigenvalue weighted by Crippen LogP contribution is -2.28. The largest absolute Gasteiger partial charge is 0.410 e. The molecule has 0 atom stereocenters. The minimum atomic E-state index is -3.16. The van der Waals surface area contributed by atoms with Gasteiger partial charge in [0.1, 0.15) is 0 Å². The van der Waals surface area contributed by atoms with E-state index in [4.69, 9.17) is 0 Å². The first-order valence-electron chi connectivity index (χ1n) is 4.99. The fourth-order valence-electron chi connectivity index (χ4n) is 1.30. The molecule has 7 heteroatoms. The molecule has 1 aromatic carbocycles. The Hall–Kier alpha value is -1.23. The van der Waals surface area contributed by atoms with Crippen LogP contribution in [0, 0.1) is 0 Å². The van der Waals surface area contributed by atoms with Crippen molar-refractivity contribution in [1.82, 2.24) is 5.23 Å². The number of nitrogens with one attached hydrogen (secondary N) is 1. The second-order valence-electron chi connectivity index (χ2n) is 3.55. The molecule has 1 N–H and O–H groups in total. The quantitative estimate of drug-likeness (QED) is 0.658. The molecule has 0 aliphatic carbocycles. The van der Waals surface area contributed by atoms with Crippen LogP contribution in [0.5, 0.6) is 0 Å². The molecule has 1 amide bonds. The van der Waals surface area contributed by atoms with Crippen molar-refractivity contribution in [3.8, 4) is 0 Å². The van der Waals surface area contributed by atoms with Crippen LogP contribution in [0.4, 0.5) is 0 Å². The van der Waals surface area contributed by atoms with Crippen LogP contribution < -0.4 is 5.23 Å². The van der Waals surface area contributed by atoms with Gasteiger partial charge in [-0.05, 0) is 17.7 Å². The molecule has 0 saturated carbocycles. The maximum atomic E-state index is 11.3. The number of hydrogen-bond acceptors (Lipinski definition) is 3. The molecule has 1 rings (SSSR count). The Morgan fingerprint density at radius 1 is 1.38 bits per heavy atom. The van der Waals surface area contributed by atoms with Gasteiger partial charge in [0.05, 0.1) is 19.1 Å². The summed E-state index contributed by atoms with van der Waals surface area (Å²) in [5, 5.41) is 2.68. The van der Waals surface area contributed by atoms with Crippen molar-refractivity contribution in [2.75, 3.05) is 6.26 Å². The molecule has 0 heterocycles. The average Bonchev–Trinajstić information content (AvgIpc) is 2.17. The molecule has 84 valence electrons. The van der Waals surface area contributed by atoms with Crippen LogP contribution in [0.1, 0.15) is 5.56 Å². The second-order valence-corrected chi connectivity index (χ2v) is 5.56. The maximum Gasteiger partial charge on any atom is 0.211 e. The molecule has 0 fully saturated rings. The van der Waals surface area contributed by atoms with Crippen molar-refractivity contribution in [3.05, 3.63) is 29.8 Å². The van der Waals surface area contributed by atoms with E-state index in [0.29, 0.717) is 7.31 Å². The van der Waals surface area contributed by atoms with Crippen LogP contribution >= 0.6 is 0 Å². The monoisotopic (exact) mass is 237 g/mol. The third-order valence-electron chi connectivity index (χ3n) is 2.09. The molecule has 0 spiro atoms. The van der Waals surface area contributed by atoms with Crippen LogP contribution in [0.15, 0.2) is 29.2 Å². The molecule has 0 aliphatic heterocycles. The van der Waals surface area contributed by atoms with E-state index in [1.807, 2.05) is 7.74 Å². The standard InChI is InChI=1S/C9H13B2NO3S/c1-16(14,15)8-4-2-7(3-5-8)6-9(13)12-11-10/h2-5,11H,6,10H2,1H3,(H,12,13). The minimum absolute atomic E-state index is 0.0606. The molecule has 0 saturated heterocycles. The number of benzene rings is 1. The Balaban J connectivity index is 2.76. The van der Waals surface area contributed by atoms with E-state index < -0.39 is 9.84 Å². The first kappa shape index (κ1) is 12.8. The average molecular weight is 237 g/mol. The third kappa shape index (κ3) is 3.73. The second kappa shape index (κ2) is 5.21. The minimum Gasteiger partial charge on any atom is -0.410 e. The van der Waals surface area contributed by atoms with Crippen LogP contribution in [0.2, 0.25) is 0 Å². The SMILES string of the molecule is BBNC(=O)Cc1ccc(S(C)(=O)=O)cc1. The summed E-state index contributed by atoms with van der Waals surface area (Å²) in [7, 11) is -0.710. The number of hydrogen-bond donors (Lipinski definition) is 1. The topological polar surface area (TPSA) is 63.2 Å². The Kier molecular flexibility index (Phi) is 4.18. The van der Waals surface area contributed by atoms with E-state index in [-0.39, 0.29) is 17.2 Å². The Morgan fingerprint density at radius 2 is 1.94 bits per heavy atom. The van der Waals surface area contributed by atoms with Gasteiger partial charge in [-0.3, -0.25) is 4.79 Å². The summed E-state index contributed by atoms with van der Waals surface area (Å²) < 4.78 is 22.4. The van der Waals surface area contributed by atoms with Gasteiger partial charge < -0.3 is 5.23 Å². The fourth-order valence-corrected chi connectivity index (χ4v) is 1.93. The molecule has 0 aromatic heterocycles. The molecular formula is C9H13B2NO3S. The van der Waals surface area contributed by atoms with Gasteiger partial charge in [0.15, 0.2) is 17.1 Å². The summed E-state index contributed by atoms with van der Waals surface area (Å²) in [5.41, 5.74) is 0.804. The lowest BCUT2D eigenvalue weighted by atomic mass is 9.67. The van der Waals surface area contributed by atoms with Crippen molar-refractivity contribution in [2.24, 2.45) is 0 Å². The zero-order valence-electron chi connectivity index (χ0n) is 9.36. The van der Waals surface area contributed by atoms with Crippen LogP contribution in [0.25, 0.3) is 0 Å². The molecule has 16 heavy (non-hydrogen) atoms. The predicted octanol–water partition coefficient (Wildman–Crippen LogP) is -1.35. The number of amides is 1. The highest BCUT2D eigenvalue weighted by atomic mass is 32.2. The van der Waals surface area contributed by atoms with Crippen molar-refractivity contribution in [2.45, 2.75) is 11.3 Å². The van der Waals surface area contributed by atoms with Gasteiger partial charge in [0.2, 0.25) is 5.91 Å². The molecule has 0 aliphatic rings. The first-order chi connectivity index (χ1) is 7.43. The zero-order chi connectivity index (χ0) is 12.2. The highest BCUT2D eigenvalue weighted by Gasteiger charge is 2.07. The van der Waals surface area contributed by atoms with Crippen molar-refractivity contribution >= 4 is 30.8 Å². The van der Waals surface area contributed by atoms with Crippen molar-refractivity contribution in [3.63, 3.8) is 0 Å². The molecule has 1 aromatic rings. The molecule has 0 radical (unpaired) electrons. The van der Waals surface area contributed by atoms with Crippen molar-refractivity contribution in [1.29, 1.82) is 0 Å². The van der Waals surface area contributed by atoms with Crippen molar-refractivity contribution < 1.29 is 13.2 Å². The maximum absolute atomic E-state index is 11.3. The molecule has 0 unspecified atom stereocenters. The van der Waals surface area contributed by atoms with Crippen LogP contribution in [0.3, 0.4) is 0 Å². The summed E-state index contributed by atoms with van der Waals surface area (Å²) in [4.78, 5) is 11.5. The lowest BCUT2D eigenvalue weighted by molar-refractivity contribution is -0.118. The van der Waals surface area contributed by atoms with E-state index in [2.05, 4.69) is 5.23 Å². The molecular weight excluding hydrogens is 224 g/mol. The summed E-state index contributed by atoms with van der Waals surface area (Å²) in [6.45, 7) is 0. The zero-order valence-corrected chi connectivity index (χ0v) is 10.2. The van der Waals surface area contributed by atoms with Gasteiger partial charge in [-0.15, -0.1) is 0 Å². The van der Waals surface area contributed by atoms with Gasteiger partial charge in [-0.25, -0.2) is 8.42 Å². The lowest BCUT2D eigenvalue weighted by Gasteiger charge is -2.03. The number of carbonyl (C=O) groups is 1. The Labute approximate surface area is 97.0 Å². The van der Waals surface area contributed by atoms with Gasteiger partial charge >= 0.3 is 0 Å². The summed E-state index contributed by atoms with van der Waals surface area (Å²) >= 11 is 0.